The number of amides is 2. The van der Waals surface area contributed by atoms with Crippen LogP contribution in [0.2, 0.25) is 5.02 Å². The lowest BCUT2D eigenvalue weighted by molar-refractivity contribution is -0.126. The Morgan fingerprint density at radius 2 is 1.73 bits per heavy atom. The second kappa shape index (κ2) is 9.28. The number of anilines is 2. The van der Waals surface area contributed by atoms with Crippen LogP contribution in [-0.2, 0) is 32.0 Å². The van der Waals surface area contributed by atoms with E-state index in [0.717, 1.165) is 47.3 Å². The zero-order chi connectivity index (χ0) is 25.8. The number of carbonyl (C=O) groups excluding carboxylic acids is 3. The van der Waals surface area contributed by atoms with Gasteiger partial charge in [-0.15, -0.1) is 11.3 Å². The second-order valence-electron chi connectivity index (χ2n) is 9.60. The first-order valence-corrected chi connectivity index (χ1v) is 13.5. The van der Waals surface area contributed by atoms with E-state index in [1.165, 1.54) is 23.3 Å². The maximum atomic E-state index is 14.1. The van der Waals surface area contributed by atoms with Crippen molar-refractivity contribution < 1.29 is 24.0 Å². The number of aryl methyl sites for hydroxylation is 2. The van der Waals surface area contributed by atoms with Crippen LogP contribution in [0.3, 0.4) is 0 Å². The largest absolute Gasteiger partial charge is 0.465 e. The van der Waals surface area contributed by atoms with Gasteiger partial charge in [0.2, 0.25) is 5.91 Å². The van der Waals surface area contributed by atoms with Crippen LogP contribution in [-0.4, -0.2) is 31.0 Å². The summed E-state index contributed by atoms with van der Waals surface area (Å²) < 4.78 is 5.08. The molecule has 3 aromatic rings. The van der Waals surface area contributed by atoms with Gasteiger partial charge in [0, 0.05) is 9.90 Å². The molecule has 37 heavy (non-hydrogen) atoms. The molecular formula is C28H25ClN2O5S. The fourth-order valence-electron chi connectivity index (χ4n) is 5.55. The topological polar surface area (TPSA) is 76.2 Å². The first-order chi connectivity index (χ1) is 17.9. The number of esters is 1. The van der Waals surface area contributed by atoms with E-state index < -0.39 is 29.9 Å². The zero-order valence-electron chi connectivity index (χ0n) is 20.4. The highest BCUT2D eigenvalue weighted by molar-refractivity contribution is 7.17. The summed E-state index contributed by atoms with van der Waals surface area (Å²) >= 11 is 7.45. The van der Waals surface area contributed by atoms with Gasteiger partial charge < -0.3 is 4.74 Å². The number of carbonyl (C=O) groups is 3. The molecule has 1 aliphatic carbocycles. The van der Waals surface area contributed by atoms with E-state index in [1.54, 1.807) is 29.3 Å². The highest BCUT2D eigenvalue weighted by Crippen LogP contribution is 2.50. The van der Waals surface area contributed by atoms with Crippen LogP contribution in [0.5, 0.6) is 0 Å². The van der Waals surface area contributed by atoms with Gasteiger partial charge in [-0.2, -0.15) is 0 Å². The van der Waals surface area contributed by atoms with E-state index >= 15 is 0 Å². The number of hydrogen-bond donors (Lipinski definition) is 0. The highest BCUT2D eigenvalue weighted by Gasteiger charge is 2.61. The summed E-state index contributed by atoms with van der Waals surface area (Å²) in [4.78, 5) is 49.2. The van der Waals surface area contributed by atoms with Crippen molar-refractivity contribution in [1.29, 1.82) is 0 Å². The molecule has 0 N–H and O–H groups in total. The number of hydrogen-bond acceptors (Lipinski definition) is 7. The van der Waals surface area contributed by atoms with Gasteiger partial charge in [0.15, 0.2) is 6.10 Å². The lowest BCUT2D eigenvalue weighted by Gasteiger charge is -2.28. The molecule has 2 aliphatic heterocycles. The highest BCUT2D eigenvalue weighted by atomic mass is 35.5. The van der Waals surface area contributed by atoms with E-state index in [0.29, 0.717) is 21.3 Å². The maximum Gasteiger partial charge on any atom is 0.341 e. The van der Waals surface area contributed by atoms with Crippen molar-refractivity contribution in [2.75, 3.05) is 17.1 Å². The first-order valence-electron chi connectivity index (χ1n) is 12.3. The molecule has 2 amide bonds. The summed E-state index contributed by atoms with van der Waals surface area (Å²) in [5.74, 6) is -2.14. The van der Waals surface area contributed by atoms with Crippen LogP contribution in [0.1, 0.15) is 50.8 Å². The number of methoxy groups -OCH3 is 1. The number of nitrogens with zero attached hydrogens (tertiary/aromatic N) is 2. The molecule has 0 saturated carbocycles. The molecule has 7 nitrogen and oxygen atoms in total. The van der Waals surface area contributed by atoms with E-state index in [1.807, 2.05) is 31.2 Å². The molecule has 3 aliphatic rings. The van der Waals surface area contributed by atoms with Gasteiger partial charge in [-0.25, -0.2) is 14.8 Å². The Morgan fingerprint density at radius 3 is 2.43 bits per heavy atom. The minimum atomic E-state index is -1.01. The Morgan fingerprint density at radius 1 is 1.03 bits per heavy atom. The van der Waals surface area contributed by atoms with Crippen molar-refractivity contribution in [2.24, 2.45) is 5.92 Å². The number of halogens is 1. The molecule has 2 aromatic carbocycles. The van der Waals surface area contributed by atoms with Crippen LogP contribution >= 0.6 is 22.9 Å². The number of rotatable bonds is 4. The third-order valence-corrected chi connectivity index (χ3v) is 8.89. The van der Waals surface area contributed by atoms with Gasteiger partial charge in [-0.1, -0.05) is 41.4 Å². The van der Waals surface area contributed by atoms with Crippen LogP contribution in [0, 0.1) is 12.8 Å². The Hall–Kier alpha value is -3.20. The number of hydroxylamine groups is 1. The molecule has 2 fully saturated rings. The van der Waals surface area contributed by atoms with Gasteiger partial charge in [0.1, 0.15) is 10.9 Å². The number of imide groups is 1. The molecule has 3 atom stereocenters. The summed E-state index contributed by atoms with van der Waals surface area (Å²) in [5, 5.41) is 2.57. The van der Waals surface area contributed by atoms with Crippen molar-refractivity contribution >= 4 is 51.4 Å². The zero-order valence-corrected chi connectivity index (χ0v) is 22.0. The van der Waals surface area contributed by atoms with Crippen LogP contribution in [0.25, 0.3) is 0 Å². The Kier molecular flexibility index (Phi) is 6.06. The van der Waals surface area contributed by atoms with Gasteiger partial charge >= 0.3 is 5.97 Å². The van der Waals surface area contributed by atoms with Gasteiger partial charge in [-0.05, 0) is 68.0 Å². The number of ether oxygens (including phenoxy) is 1. The van der Waals surface area contributed by atoms with E-state index in [-0.39, 0.29) is 5.91 Å². The van der Waals surface area contributed by atoms with Crippen LogP contribution < -0.4 is 9.96 Å². The Balaban J connectivity index is 1.44. The summed E-state index contributed by atoms with van der Waals surface area (Å²) in [6.07, 6.45) is 2.50. The molecule has 0 unspecified atom stereocenters. The standard InChI is InChI=1S/C28H25ClN2O5S/c1-15-7-9-16(10-8-15)23-22-24(36-31(23)18-13-11-17(29)12-14-18)26(33)30(25(22)32)27-21(28(34)35-2)19-5-3-4-6-20(19)37-27/h7-14,22-24H,3-6H2,1-2H3/t22-,23-,24+/m0/s1. The van der Waals surface area contributed by atoms with Crippen molar-refractivity contribution in [2.45, 2.75) is 44.8 Å². The molecule has 2 saturated heterocycles. The fourth-order valence-corrected chi connectivity index (χ4v) is 7.06. The number of thiophene rings is 1. The lowest BCUT2D eigenvalue weighted by atomic mass is 9.90. The molecule has 9 heteroatoms. The minimum absolute atomic E-state index is 0.338. The number of fused-ring (bicyclic) bond motifs is 2. The van der Waals surface area contributed by atoms with E-state index in [9.17, 15) is 14.4 Å². The predicted molar refractivity (Wildman–Crippen MR) is 141 cm³/mol. The fraction of sp³-hybridized carbons (Fsp3) is 0.321. The third-order valence-electron chi connectivity index (χ3n) is 7.36. The van der Waals surface area contributed by atoms with Gasteiger partial charge in [0.05, 0.1) is 24.4 Å². The number of benzene rings is 2. The second-order valence-corrected chi connectivity index (χ2v) is 11.1. The Labute approximate surface area is 223 Å². The average molecular weight is 537 g/mol. The third kappa shape index (κ3) is 3.86. The van der Waals surface area contributed by atoms with Crippen molar-refractivity contribution in [1.82, 2.24) is 0 Å². The van der Waals surface area contributed by atoms with Crippen LogP contribution in [0.15, 0.2) is 48.5 Å². The van der Waals surface area contributed by atoms with E-state index in [2.05, 4.69) is 0 Å². The van der Waals surface area contributed by atoms with Gasteiger partial charge in [0.25, 0.3) is 5.91 Å². The SMILES string of the molecule is COC(=O)c1c(N2C(=O)[C@@H]3[C@@H](ON(c4ccc(Cl)cc4)[C@H]3c3ccc(C)cc3)C2=O)sc2c1CCCC2. The molecule has 0 bridgehead atoms. The predicted octanol–water partition coefficient (Wildman–Crippen LogP) is 5.43. The monoisotopic (exact) mass is 536 g/mol. The van der Waals surface area contributed by atoms with Crippen LogP contribution in [0.4, 0.5) is 10.7 Å². The summed E-state index contributed by atoms with van der Waals surface area (Å²) in [6.45, 7) is 1.99. The molecule has 6 rings (SSSR count). The molecule has 1 aromatic heterocycles. The van der Waals surface area contributed by atoms with Gasteiger partial charge in [-0.3, -0.25) is 14.4 Å². The van der Waals surface area contributed by atoms with Crippen molar-refractivity contribution in [3.8, 4) is 0 Å². The molecule has 3 heterocycles. The Bertz CT molecular complexity index is 1400. The van der Waals surface area contributed by atoms with Crippen molar-refractivity contribution in [3.63, 3.8) is 0 Å². The summed E-state index contributed by atoms with van der Waals surface area (Å²) in [7, 11) is 1.32. The summed E-state index contributed by atoms with van der Waals surface area (Å²) in [5.41, 5.74) is 3.87. The van der Waals surface area contributed by atoms with E-state index in [4.69, 9.17) is 21.2 Å². The average Bonchev–Trinajstić information content (AvgIpc) is 3.55. The van der Waals surface area contributed by atoms with Crippen molar-refractivity contribution in [3.05, 3.63) is 80.7 Å². The smallest absolute Gasteiger partial charge is 0.341 e. The normalized spacial score (nSPS) is 22.8. The quantitative estimate of drug-likeness (QED) is 0.327. The molecule has 0 radical (unpaired) electrons. The minimum Gasteiger partial charge on any atom is -0.465 e. The summed E-state index contributed by atoms with van der Waals surface area (Å²) in [6, 6.07) is 14.4. The first kappa shape index (κ1) is 24.2. The maximum absolute atomic E-state index is 14.1. The molecule has 190 valence electrons. The molecule has 0 spiro atoms. The molecular weight excluding hydrogens is 512 g/mol. The lowest BCUT2D eigenvalue weighted by Crippen LogP contribution is -2.37.